The summed E-state index contributed by atoms with van der Waals surface area (Å²) in [5.41, 5.74) is 0.0875. The van der Waals surface area contributed by atoms with Gasteiger partial charge in [-0.1, -0.05) is 18.2 Å². The van der Waals surface area contributed by atoms with Gasteiger partial charge in [0.2, 0.25) is 10.0 Å². The van der Waals surface area contributed by atoms with Gasteiger partial charge in [-0.15, -0.1) is 6.58 Å². The SMILES string of the molecule is C=CCN(CCO)S(=O)(=O)c1ccccc1C#N. The van der Waals surface area contributed by atoms with E-state index in [1.54, 1.807) is 12.1 Å². The van der Waals surface area contributed by atoms with Gasteiger partial charge in [0.25, 0.3) is 0 Å². The van der Waals surface area contributed by atoms with Crippen molar-refractivity contribution in [3.05, 3.63) is 42.5 Å². The van der Waals surface area contributed by atoms with Gasteiger partial charge in [0.15, 0.2) is 0 Å². The lowest BCUT2D eigenvalue weighted by atomic mass is 10.2. The van der Waals surface area contributed by atoms with Crippen LogP contribution in [0.1, 0.15) is 5.56 Å². The van der Waals surface area contributed by atoms with E-state index in [9.17, 15) is 8.42 Å². The first-order valence-electron chi connectivity index (χ1n) is 5.29. The van der Waals surface area contributed by atoms with Crippen molar-refractivity contribution < 1.29 is 13.5 Å². The summed E-state index contributed by atoms with van der Waals surface area (Å²) in [4.78, 5) is -0.0530. The minimum atomic E-state index is -3.79. The molecule has 0 aliphatic rings. The molecule has 0 saturated carbocycles. The summed E-state index contributed by atoms with van der Waals surface area (Å²) in [7, 11) is -3.79. The Labute approximate surface area is 107 Å². The molecule has 0 spiro atoms. The third kappa shape index (κ3) is 2.96. The van der Waals surface area contributed by atoms with Crippen LogP contribution in [0.4, 0.5) is 0 Å². The van der Waals surface area contributed by atoms with E-state index in [0.717, 1.165) is 4.31 Å². The Morgan fingerprint density at radius 1 is 1.44 bits per heavy atom. The van der Waals surface area contributed by atoms with Crippen molar-refractivity contribution in [2.75, 3.05) is 19.7 Å². The highest BCUT2D eigenvalue weighted by molar-refractivity contribution is 7.89. The fourth-order valence-corrected chi connectivity index (χ4v) is 3.03. The Bertz CT molecular complexity index is 561. The Hall–Kier alpha value is -1.68. The molecular formula is C12H14N2O3S. The second-order valence-electron chi connectivity index (χ2n) is 3.48. The first kappa shape index (κ1) is 14.4. The highest BCUT2D eigenvalue weighted by atomic mass is 32.2. The van der Waals surface area contributed by atoms with Crippen molar-refractivity contribution in [3.8, 4) is 6.07 Å². The van der Waals surface area contributed by atoms with Gasteiger partial charge in [-0.3, -0.25) is 0 Å². The van der Waals surface area contributed by atoms with Crippen LogP contribution in [0, 0.1) is 11.3 Å². The van der Waals surface area contributed by atoms with Crippen molar-refractivity contribution in [1.82, 2.24) is 4.31 Å². The molecule has 0 aliphatic heterocycles. The van der Waals surface area contributed by atoms with Gasteiger partial charge < -0.3 is 5.11 Å². The molecule has 1 aromatic carbocycles. The molecule has 0 unspecified atom stereocenters. The molecule has 0 aromatic heterocycles. The summed E-state index contributed by atoms with van der Waals surface area (Å²) in [5, 5.41) is 17.8. The predicted octanol–water partition coefficient (Wildman–Crippen LogP) is 0.727. The van der Waals surface area contributed by atoms with Gasteiger partial charge >= 0.3 is 0 Å². The first-order valence-corrected chi connectivity index (χ1v) is 6.73. The Balaban J connectivity index is 3.27. The summed E-state index contributed by atoms with van der Waals surface area (Å²) in [5.74, 6) is 0. The summed E-state index contributed by atoms with van der Waals surface area (Å²) >= 11 is 0. The fourth-order valence-electron chi connectivity index (χ4n) is 1.49. The number of nitrogens with zero attached hydrogens (tertiary/aromatic N) is 2. The number of hydrogen-bond donors (Lipinski definition) is 1. The second-order valence-corrected chi connectivity index (χ2v) is 5.39. The van der Waals surface area contributed by atoms with E-state index in [1.165, 1.54) is 18.2 Å². The van der Waals surface area contributed by atoms with E-state index >= 15 is 0 Å². The smallest absolute Gasteiger partial charge is 0.244 e. The van der Waals surface area contributed by atoms with Crippen LogP contribution in [0.5, 0.6) is 0 Å². The van der Waals surface area contributed by atoms with Crippen LogP contribution in [0.15, 0.2) is 41.8 Å². The summed E-state index contributed by atoms with van der Waals surface area (Å²) < 4.78 is 25.7. The molecule has 6 heteroatoms. The molecule has 96 valence electrons. The first-order chi connectivity index (χ1) is 8.57. The maximum absolute atomic E-state index is 12.3. The highest BCUT2D eigenvalue weighted by Crippen LogP contribution is 2.19. The van der Waals surface area contributed by atoms with Gasteiger partial charge in [0, 0.05) is 13.1 Å². The maximum atomic E-state index is 12.3. The lowest BCUT2D eigenvalue weighted by molar-refractivity contribution is 0.260. The minimum absolute atomic E-state index is 0.0336. The lowest BCUT2D eigenvalue weighted by Crippen LogP contribution is -2.34. The van der Waals surface area contributed by atoms with Gasteiger partial charge in [0.1, 0.15) is 6.07 Å². The number of hydrogen-bond acceptors (Lipinski definition) is 4. The van der Waals surface area contributed by atoms with Crippen molar-refractivity contribution in [2.24, 2.45) is 0 Å². The number of sulfonamides is 1. The second kappa shape index (κ2) is 6.31. The number of rotatable bonds is 6. The van der Waals surface area contributed by atoms with Crippen molar-refractivity contribution >= 4 is 10.0 Å². The zero-order valence-corrected chi connectivity index (χ0v) is 10.6. The van der Waals surface area contributed by atoms with Crippen LogP contribution in [-0.2, 0) is 10.0 Å². The molecule has 0 radical (unpaired) electrons. The van der Waals surface area contributed by atoms with Crippen molar-refractivity contribution in [1.29, 1.82) is 5.26 Å². The molecule has 18 heavy (non-hydrogen) atoms. The molecule has 0 atom stereocenters. The number of benzene rings is 1. The minimum Gasteiger partial charge on any atom is -0.395 e. The zero-order valence-electron chi connectivity index (χ0n) is 9.78. The molecular weight excluding hydrogens is 252 g/mol. The van der Waals surface area contributed by atoms with Crippen LogP contribution in [0.3, 0.4) is 0 Å². The van der Waals surface area contributed by atoms with Crippen LogP contribution in [0.2, 0.25) is 0 Å². The van der Waals surface area contributed by atoms with E-state index < -0.39 is 10.0 Å². The van der Waals surface area contributed by atoms with E-state index in [-0.39, 0.29) is 30.2 Å². The molecule has 1 aromatic rings. The maximum Gasteiger partial charge on any atom is 0.244 e. The van der Waals surface area contributed by atoms with E-state index in [1.807, 2.05) is 6.07 Å². The monoisotopic (exact) mass is 266 g/mol. The molecule has 0 amide bonds. The molecule has 0 bridgehead atoms. The summed E-state index contributed by atoms with van der Waals surface area (Å²) in [6.45, 7) is 3.24. The van der Waals surface area contributed by atoms with Crippen LogP contribution in [-0.4, -0.2) is 37.5 Å². The molecule has 0 fully saturated rings. The molecule has 0 saturated heterocycles. The summed E-state index contributed by atoms with van der Waals surface area (Å²) in [6.07, 6.45) is 1.43. The Morgan fingerprint density at radius 3 is 2.67 bits per heavy atom. The van der Waals surface area contributed by atoms with E-state index in [2.05, 4.69) is 6.58 Å². The molecule has 0 heterocycles. The Morgan fingerprint density at radius 2 is 2.11 bits per heavy atom. The van der Waals surface area contributed by atoms with Crippen LogP contribution < -0.4 is 0 Å². The Kier molecular flexibility index (Phi) is 5.04. The van der Waals surface area contributed by atoms with Crippen LogP contribution in [0.25, 0.3) is 0 Å². The lowest BCUT2D eigenvalue weighted by Gasteiger charge is -2.20. The number of aliphatic hydroxyl groups excluding tert-OH is 1. The van der Waals surface area contributed by atoms with Gasteiger partial charge in [-0.2, -0.15) is 9.57 Å². The number of nitriles is 1. The number of aliphatic hydroxyl groups is 1. The van der Waals surface area contributed by atoms with E-state index in [0.29, 0.717) is 0 Å². The fraction of sp³-hybridized carbons (Fsp3) is 0.250. The van der Waals surface area contributed by atoms with E-state index in [4.69, 9.17) is 10.4 Å². The quantitative estimate of drug-likeness (QED) is 0.769. The molecule has 0 aliphatic carbocycles. The average molecular weight is 266 g/mol. The summed E-state index contributed by atoms with van der Waals surface area (Å²) in [6, 6.07) is 7.82. The van der Waals surface area contributed by atoms with Gasteiger partial charge in [-0.05, 0) is 12.1 Å². The van der Waals surface area contributed by atoms with Crippen LogP contribution >= 0.6 is 0 Å². The largest absolute Gasteiger partial charge is 0.395 e. The van der Waals surface area contributed by atoms with Gasteiger partial charge in [-0.25, -0.2) is 8.42 Å². The van der Waals surface area contributed by atoms with Crippen molar-refractivity contribution in [3.63, 3.8) is 0 Å². The standard InChI is InChI=1S/C12H14N2O3S/c1-2-7-14(8-9-15)18(16,17)12-6-4-3-5-11(12)10-13/h2-6,15H,1,7-9H2. The van der Waals surface area contributed by atoms with Crippen molar-refractivity contribution in [2.45, 2.75) is 4.90 Å². The average Bonchev–Trinajstić information content (AvgIpc) is 2.38. The third-order valence-electron chi connectivity index (χ3n) is 2.31. The van der Waals surface area contributed by atoms with Gasteiger partial charge in [0.05, 0.1) is 17.1 Å². The zero-order chi connectivity index (χ0) is 13.6. The molecule has 1 rings (SSSR count). The topological polar surface area (TPSA) is 81.4 Å². The normalized spacial score (nSPS) is 11.2. The highest BCUT2D eigenvalue weighted by Gasteiger charge is 2.25. The predicted molar refractivity (Wildman–Crippen MR) is 67.2 cm³/mol. The third-order valence-corrected chi connectivity index (χ3v) is 4.23. The molecule has 5 nitrogen and oxygen atoms in total. The molecule has 1 N–H and O–H groups in total.